The topological polar surface area (TPSA) is 95.7 Å². The highest BCUT2D eigenvalue weighted by Crippen LogP contribution is 2.31. The van der Waals surface area contributed by atoms with Crippen LogP contribution < -0.4 is 11.1 Å². The van der Waals surface area contributed by atoms with Crippen LogP contribution in [0.2, 0.25) is 0 Å². The molecule has 0 unspecified atom stereocenters. The molecule has 0 atom stereocenters. The third-order valence-corrected chi connectivity index (χ3v) is 4.70. The van der Waals surface area contributed by atoms with Crippen LogP contribution in [-0.4, -0.2) is 53.1 Å². The number of nitrogens with zero attached hydrogens (tertiary/aromatic N) is 1. The number of piperidine rings is 1. The van der Waals surface area contributed by atoms with Crippen LogP contribution in [-0.2, 0) is 9.59 Å². The fourth-order valence-electron chi connectivity index (χ4n) is 3.51. The van der Waals surface area contributed by atoms with Crippen LogP contribution in [0.5, 0.6) is 0 Å². The molecule has 4 N–H and O–H groups in total. The molecule has 0 aromatic carbocycles. The zero-order chi connectivity index (χ0) is 15.3. The van der Waals surface area contributed by atoms with Gasteiger partial charge < -0.3 is 16.2 Å². The summed E-state index contributed by atoms with van der Waals surface area (Å²) in [6.07, 6.45) is 6.54. The van der Waals surface area contributed by atoms with Crippen molar-refractivity contribution >= 4 is 11.9 Å². The second-order valence-electron chi connectivity index (χ2n) is 6.57. The smallest absolute Gasteiger partial charge is 0.305 e. The summed E-state index contributed by atoms with van der Waals surface area (Å²) in [5.74, 6) is -0.880. The number of nitrogens with one attached hydrogen (secondary N) is 1. The standard InChI is InChI=1S/C15H27N3O3/c16-12-4-8-18(9-5-12)11-13(19)17-15(10-14(20)21)6-2-1-3-7-15/h12H,1-11,16H2,(H,17,19)(H,20,21). The lowest BCUT2D eigenvalue weighted by Crippen LogP contribution is -2.54. The van der Waals surface area contributed by atoms with Crippen LogP contribution in [0.1, 0.15) is 51.4 Å². The van der Waals surface area contributed by atoms with Crippen molar-refractivity contribution in [3.8, 4) is 0 Å². The van der Waals surface area contributed by atoms with E-state index in [1.54, 1.807) is 0 Å². The number of likely N-dealkylation sites (tertiary alicyclic amines) is 1. The van der Waals surface area contributed by atoms with E-state index in [-0.39, 0.29) is 18.4 Å². The van der Waals surface area contributed by atoms with Crippen LogP contribution >= 0.6 is 0 Å². The summed E-state index contributed by atoms with van der Waals surface area (Å²) >= 11 is 0. The highest BCUT2D eigenvalue weighted by molar-refractivity contribution is 5.80. The first-order valence-corrected chi connectivity index (χ1v) is 8.00. The van der Waals surface area contributed by atoms with Crippen molar-refractivity contribution in [3.05, 3.63) is 0 Å². The van der Waals surface area contributed by atoms with Gasteiger partial charge in [-0.15, -0.1) is 0 Å². The molecule has 1 aliphatic heterocycles. The molecule has 21 heavy (non-hydrogen) atoms. The van der Waals surface area contributed by atoms with E-state index >= 15 is 0 Å². The summed E-state index contributed by atoms with van der Waals surface area (Å²) in [5.41, 5.74) is 5.33. The molecule has 2 fully saturated rings. The summed E-state index contributed by atoms with van der Waals surface area (Å²) in [5, 5.41) is 12.1. The molecule has 1 saturated heterocycles. The predicted molar refractivity (Wildman–Crippen MR) is 79.9 cm³/mol. The van der Waals surface area contributed by atoms with Gasteiger partial charge in [0.1, 0.15) is 0 Å². The molecule has 1 aliphatic carbocycles. The Bertz CT molecular complexity index is 372. The van der Waals surface area contributed by atoms with Crippen molar-refractivity contribution in [2.24, 2.45) is 5.73 Å². The molecule has 2 rings (SSSR count). The monoisotopic (exact) mass is 297 g/mol. The van der Waals surface area contributed by atoms with Gasteiger partial charge in [0.05, 0.1) is 18.5 Å². The fourth-order valence-corrected chi connectivity index (χ4v) is 3.51. The molecule has 6 heteroatoms. The van der Waals surface area contributed by atoms with Gasteiger partial charge in [0.25, 0.3) is 0 Å². The van der Waals surface area contributed by atoms with E-state index in [2.05, 4.69) is 10.2 Å². The summed E-state index contributed by atoms with van der Waals surface area (Å²) in [4.78, 5) is 25.5. The zero-order valence-electron chi connectivity index (χ0n) is 12.6. The van der Waals surface area contributed by atoms with Gasteiger partial charge in [0.2, 0.25) is 5.91 Å². The van der Waals surface area contributed by atoms with Crippen molar-refractivity contribution < 1.29 is 14.7 Å². The molecule has 0 aromatic heterocycles. The van der Waals surface area contributed by atoms with Gasteiger partial charge in [-0.2, -0.15) is 0 Å². The zero-order valence-corrected chi connectivity index (χ0v) is 12.6. The van der Waals surface area contributed by atoms with Crippen molar-refractivity contribution in [3.63, 3.8) is 0 Å². The number of rotatable bonds is 5. The Morgan fingerprint density at radius 1 is 1.19 bits per heavy atom. The number of aliphatic carboxylic acids is 1. The van der Waals surface area contributed by atoms with E-state index in [9.17, 15) is 9.59 Å². The molecule has 0 radical (unpaired) electrons. The van der Waals surface area contributed by atoms with E-state index in [4.69, 9.17) is 10.8 Å². The molecule has 1 amide bonds. The van der Waals surface area contributed by atoms with E-state index in [0.717, 1.165) is 58.0 Å². The number of carbonyl (C=O) groups excluding carboxylic acids is 1. The Balaban J connectivity index is 1.87. The maximum absolute atomic E-state index is 12.3. The fraction of sp³-hybridized carbons (Fsp3) is 0.867. The molecule has 0 bridgehead atoms. The van der Waals surface area contributed by atoms with Gasteiger partial charge in [-0.05, 0) is 25.7 Å². The number of carboxylic acids is 1. The lowest BCUT2D eigenvalue weighted by Gasteiger charge is -2.38. The average Bonchev–Trinajstić information content (AvgIpc) is 2.41. The minimum Gasteiger partial charge on any atom is -0.481 e. The Morgan fingerprint density at radius 3 is 2.38 bits per heavy atom. The molecule has 6 nitrogen and oxygen atoms in total. The summed E-state index contributed by atoms with van der Waals surface area (Å²) in [7, 11) is 0. The highest BCUT2D eigenvalue weighted by atomic mass is 16.4. The molecule has 0 aromatic rings. The van der Waals surface area contributed by atoms with Crippen LogP contribution in [0.4, 0.5) is 0 Å². The molecular formula is C15H27N3O3. The Labute approximate surface area is 126 Å². The first-order chi connectivity index (χ1) is 9.99. The van der Waals surface area contributed by atoms with Crippen LogP contribution in [0.3, 0.4) is 0 Å². The number of hydrogen-bond acceptors (Lipinski definition) is 4. The lowest BCUT2D eigenvalue weighted by atomic mass is 9.79. The Morgan fingerprint density at radius 2 is 1.81 bits per heavy atom. The van der Waals surface area contributed by atoms with Crippen molar-refractivity contribution in [2.45, 2.75) is 62.9 Å². The second kappa shape index (κ2) is 7.22. The molecule has 120 valence electrons. The number of carboxylic acid groups (broad SMARTS) is 1. The van der Waals surface area contributed by atoms with Crippen molar-refractivity contribution in [1.82, 2.24) is 10.2 Å². The van der Waals surface area contributed by atoms with E-state index in [1.807, 2.05) is 0 Å². The highest BCUT2D eigenvalue weighted by Gasteiger charge is 2.36. The van der Waals surface area contributed by atoms with Gasteiger partial charge in [0.15, 0.2) is 0 Å². The SMILES string of the molecule is NC1CCN(CC(=O)NC2(CC(=O)O)CCCCC2)CC1. The normalized spacial score (nSPS) is 23.7. The van der Waals surface area contributed by atoms with Gasteiger partial charge in [-0.1, -0.05) is 19.3 Å². The molecular weight excluding hydrogens is 270 g/mol. The predicted octanol–water partition coefficient (Wildman–Crippen LogP) is 0.703. The largest absolute Gasteiger partial charge is 0.481 e. The Hall–Kier alpha value is -1.14. The van der Waals surface area contributed by atoms with Crippen LogP contribution in [0.15, 0.2) is 0 Å². The maximum Gasteiger partial charge on any atom is 0.305 e. The number of nitrogens with two attached hydrogens (primary N) is 1. The first-order valence-electron chi connectivity index (χ1n) is 8.00. The maximum atomic E-state index is 12.3. The first kappa shape index (κ1) is 16.2. The van der Waals surface area contributed by atoms with E-state index in [1.165, 1.54) is 0 Å². The van der Waals surface area contributed by atoms with Gasteiger partial charge in [0, 0.05) is 19.1 Å². The second-order valence-corrected chi connectivity index (χ2v) is 6.57. The van der Waals surface area contributed by atoms with E-state index < -0.39 is 11.5 Å². The van der Waals surface area contributed by atoms with Crippen molar-refractivity contribution in [2.75, 3.05) is 19.6 Å². The van der Waals surface area contributed by atoms with E-state index in [0.29, 0.717) is 6.54 Å². The number of carbonyl (C=O) groups is 2. The number of hydrogen-bond donors (Lipinski definition) is 3. The molecule has 1 saturated carbocycles. The van der Waals surface area contributed by atoms with Gasteiger partial charge >= 0.3 is 5.97 Å². The van der Waals surface area contributed by atoms with Crippen LogP contribution in [0.25, 0.3) is 0 Å². The third kappa shape index (κ3) is 4.97. The van der Waals surface area contributed by atoms with Crippen LogP contribution in [0, 0.1) is 0 Å². The average molecular weight is 297 g/mol. The lowest BCUT2D eigenvalue weighted by molar-refractivity contribution is -0.139. The summed E-state index contributed by atoms with van der Waals surface area (Å²) in [6, 6.07) is 0.251. The molecule has 1 heterocycles. The molecule has 2 aliphatic rings. The van der Waals surface area contributed by atoms with Crippen molar-refractivity contribution in [1.29, 1.82) is 0 Å². The summed E-state index contributed by atoms with van der Waals surface area (Å²) < 4.78 is 0. The minimum absolute atomic E-state index is 0.0314. The third-order valence-electron chi connectivity index (χ3n) is 4.70. The van der Waals surface area contributed by atoms with Gasteiger partial charge in [-0.25, -0.2) is 0 Å². The molecule has 0 spiro atoms. The minimum atomic E-state index is -0.832. The Kier molecular flexibility index (Phi) is 5.58. The number of amides is 1. The van der Waals surface area contributed by atoms with Gasteiger partial charge in [-0.3, -0.25) is 14.5 Å². The summed E-state index contributed by atoms with van der Waals surface area (Å²) in [6.45, 7) is 2.05. The quantitative estimate of drug-likeness (QED) is 0.694.